The number of hydrogen-bond donors (Lipinski definition) is 1. The Kier molecular flexibility index (Phi) is 8.46. The Morgan fingerprint density at radius 1 is 1.30 bits per heavy atom. The van der Waals surface area contributed by atoms with Crippen LogP contribution in [0.3, 0.4) is 0 Å². The molecule has 0 aliphatic rings. The molecule has 1 unspecified atom stereocenters. The summed E-state index contributed by atoms with van der Waals surface area (Å²) in [7, 11) is 0. The van der Waals surface area contributed by atoms with E-state index in [0.29, 0.717) is 13.0 Å². The summed E-state index contributed by atoms with van der Waals surface area (Å²) in [5, 5.41) is 2.67. The van der Waals surface area contributed by atoms with E-state index in [-0.39, 0.29) is 18.5 Å². The minimum Gasteiger partial charge on any atom is -0.452 e. The molecule has 0 heterocycles. The number of carbonyl (C=O) groups excluding carboxylic acids is 2. The average Bonchev–Trinajstić information content (AvgIpc) is 2.32. The summed E-state index contributed by atoms with van der Waals surface area (Å²) < 4.78 is 9.94. The van der Waals surface area contributed by atoms with Gasteiger partial charge in [0.05, 0.1) is 5.92 Å². The van der Waals surface area contributed by atoms with Gasteiger partial charge in [0, 0.05) is 6.54 Å². The second kappa shape index (κ2) is 9.24. The van der Waals surface area contributed by atoms with E-state index in [4.69, 9.17) is 15.9 Å². The highest BCUT2D eigenvalue weighted by atomic mass is 16.6. The van der Waals surface area contributed by atoms with E-state index in [1.807, 2.05) is 20.8 Å². The van der Waals surface area contributed by atoms with Gasteiger partial charge in [-0.2, -0.15) is 0 Å². The van der Waals surface area contributed by atoms with Gasteiger partial charge in [0.1, 0.15) is 5.60 Å². The average molecular weight is 283 g/mol. The van der Waals surface area contributed by atoms with Crippen molar-refractivity contribution in [3.8, 4) is 12.3 Å². The molecule has 0 bridgehead atoms. The van der Waals surface area contributed by atoms with Gasteiger partial charge in [0.2, 0.25) is 0 Å². The summed E-state index contributed by atoms with van der Waals surface area (Å²) in [6.07, 6.45) is 6.90. The number of hydrogen-bond acceptors (Lipinski definition) is 4. The monoisotopic (exact) mass is 283 g/mol. The van der Waals surface area contributed by atoms with Crippen molar-refractivity contribution in [3.05, 3.63) is 0 Å². The molecule has 5 nitrogen and oxygen atoms in total. The standard InChI is InChI=1S/C15H25NO4/c1-6-11-19-13(17)12(2)9-7-8-10-16-14(18)20-15(3,4)5/h1,12H,7-11H2,2-5H3,(H,16,18). The third-order valence-electron chi connectivity index (χ3n) is 2.43. The number of amides is 1. The van der Waals surface area contributed by atoms with E-state index < -0.39 is 11.7 Å². The molecule has 1 amide bonds. The Labute approximate surface area is 121 Å². The molecule has 114 valence electrons. The Bertz CT molecular complexity index is 352. The first-order valence-corrected chi connectivity index (χ1v) is 6.83. The van der Waals surface area contributed by atoms with E-state index in [9.17, 15) is 9.59 Å². The van der Waals surface area contributed by atoms with Crippen molar-refractivity contribution in [2.75, 3.05) is 13.2 Å². The summed E-state index contributed by atoms with van der Waals surface area (Å²) >= 11 is 0. The van der Waals surface area contributed by atoms with Crippen LogP contribution in [0.25, 0.3) is 0 Å². The molecule has 0 aromatic heterocycles. The highest BCUT2D eigenvalue weighted by Gasteiger charge is 2.16. The largest absolute Gasteiger partial charge is 0.452 e. The molecule has 0 aromatic rings. The summed E-state index contributed by atoms with van der Waals surface area (Å²) in [6, 6.07) is 0. The third-order valence-corrected chi connectivity index (χ3v) is 2.43. The maximum absolute atomic E-state index is 11.4. The van der Waals surface area contributed by atoms with Crippen molar-refractivity contribution in [2.45, 2.75) is 52.6 Å². The van der Waals surface area contributed by atoms with Gasteiger partial charge < -0.3 is 14.8 Å². The minimum absolute atomic E-state index is 0.0172. The molecule has 20 heavy (non-hydrogen) atoms. The lowest BCUT2D eigenvalue weighted by atomic mass is 10.0. The van der Waals surface area contributed by atoms with E-state index >= 15 is 0 Å². The smallest absolute Gasteiger partial charge is 0.407 e. The van der Waals surface area contributed by atoms with Crippen molar-refractivity contribution in [3.63, 3.8) is 0 Å². The molecular formula is C15H25NO4. The van der Waals surface area contributed by atoms with Crippen LogP contribution in [0.4, 0.5) is 4.79 Å². The topological polar surface area (TPSA) is 64.6 Å². The van der Waals surface area contributed by atoms with Crippen molar-refractivity contribution < 1.29 is 19.1 Å². The van der Waals surface area contributed by atoms with Crippen LogP contribution in [0.5, 0.6) is 0 Å². The second-order valence-electron chi connectivity index (χ2n) is 5.64. The predicted octanol–water partition coefficient (Wildman–Crippen LogP) is 2.49. The molecule has 1 atom stereocenters. The van der Waals surface area contributed by atoms with Gasteiger partial charge in [-0.1, -0.05) is 19.3 Å². The van der Waals surface area contributed by atoms with Crippen LogP contribution in [-0.4, -0.2) is 30.8 Å². The van der Waals surface area contributed by atoms with Crippen LogP contribution < -0.4 is 5.32 Å². The Morgan fingerprint density at radius 3 is 2.50 bits per heavy atom. The molecule has 0 aromatic carbocycles. The first-order chi connectivity index (χ1) is 9.26. The van der Waals surface area contributed by atoms with Crippen LogP contribution in [0, 0.1) is 18.3 Å². The van der Waals surface area contributed by atoms with Gasteiger partial charge in [0.15, 0.2) is 6.61 Å². The van der Waals surface area contributed by atoms with Crippen LogP contribution in [0.2, 0.25) is 0 Å². The van der Waals surface area contributed by atoms with Gasteiger partial charge in [0.25, 0.3) is 0 Å². The van der Waals surface area contributed by atoms with Gasteiger partial charge in [-0.3, -0.25) is 4.79 Å². The fourth-order valence-corrected chi connectivity index (χ4v) is 1.45. The van der Waals surface area contributed by atoms with Crippen molar-refractivity contribution in [1.29, 1.82) is 0 Å². The fraction of sp³-hybridized carbons (Fsp3) is 0.733. The zero-order chi connectivity index (χ0) is 15.6. The summed E-state index contributed by atoms with van der Waals surface area (Å²) in [5.41, 5.74) is -0.487. The first kappa shape index (κ1) is 18.3. The zero-order valence-electron chi connectivity index (χ0n) is 12.8. The molecule has 0 aliphatic carbocycles. The van der Waals surface area contributed by atoms with E-state index in [2.05, 4.69) is 11.2 Å². The molecule has 0 fully saturated rings. The zero-order valence-corrected chi connectivity index (χ0v) is 12.8. The number of terminal acetylenes is 1. The Hall–Kier alpha value is -1.70. The molecule has 1 N–H and O–H groups in total. The van der Waals surface area contributed by atoms with E-state index in [1.54, 1.807) is 6.92 Å². The molecule has 0 saturated carbocycles. The lowest BCUT2D eigenvalue weighted by Crippen LogP contribution is -2.33. The predicted molar refractivity (Wildman–Crippen MR) is 77.0 cm³/mol. The lowest BCUT2D eigenvalue weighted by Gasteiger charge is -2.19. The van der Waals surface area contributed by atoms with Crippen molar-refractivity contribution in [2.24, 2.45) is 5.92 Å². The number of alkyl carbamates (subject to hydrolysis) is 1. The lowest BCUT2D eigenvalue weighted by molar-refractivity contribution is -0.146. The van der Waals surface area contributed by atoms with Gasteiger partial charge in [-0.15, -0.1) is 6.42 Å². The molecule has 0 spiro atoms. The first-order valence-electron chi connectivity index (χ1n) is 6.83. The van der Waals surface area contributed by atoms with Crippen molar-refractivity contribution >= 4 is 12.1 Å². The Balaban J connectivity index is 3.64. The van der Waals surface area contributed by atoms with Crippen LogP contribution in [0.1, 0.15) is 47.0 Å². The molecule has 0 radical (unpaired) electrons. The van der Waals surface area contributed by atoms with Crippen LogP contribution >= 0.6 is 0 Å². The van der Waals surface area contributed by atoms with E-state index in [0.717, 1.165) is 12.8 Å². The van der Waals surface area contributed by atoms with E-state index in [1.165, 1.54) is 0 Å². The third kappa shape index (κ3) is 10.2. The summed E-state index contributed by atoms with van der Waals surface area (Å²) in [6.45, 7) is 7.80. The minimum atomic E-state index is -0.487. The number of rotatable bonds is 7. The summed E-state index contributed by atoms with van der Waals surface area (Å²) in [4.78, 5) is 22.8. The normalized spacial score (nSPS) is 12.2. The number of ether oxygens (including phenoxy) is 2. The second-order valence-corrected chi connectivity index (χ2v) is 5.64. The molecule has 5 heteroatoms. The quantitative estimate of drug-likeness (QED) is 0.443. The van der Waals surface area contributed by atoms with Crippen LogP contribution in [-0.2, 0) is 14.3 Å². The highest BCUT2D eigenvalue weighted by Crippen LogP contribution is 2.10. The maximum atomic E-state index is 11.4. The molecular weight excluding hydrogens is 258 g/mol. The number of nitrogens with one attached hydrogen (secondary N) is 1. The fourth-order valence-electron chi connectivity index (χ4n) is 1.45. The molecule has 0 aliphatic heterocycles. The van der Waals surface area contributed by atoms with Gasteiger partial charge >= 0.3 is 12.1 Å². The molecule has 0 rings (SSSR count). The van der Waals surface area contributed by atoms with Crippen molar-refractivity contribution in [1.82, 2.24) is 5.32 Å². The summed E-state index contributed by atoms with van der Waals surface area (Å²) in [5.74, 6) is 1.81. The Morgan fingerprint density at radius 2 is 1.95 bits per heavy atom. The van der Waals surface area contributed by atoms with Crippen LogP contribution in [0.15, 0.2) is 0 Å². The molecule has 0 saturated heterocycles. The number of unbranched alkanes of at least 4 members (excludes halogenated alkanes) is 1. The number of esters is 1. The van der Waals surface area contributed by atoms with Gasteiger partial charge in [-0.05, 0) is 33.6 Å². The SMILES string of the molecule is C#CCOC(=O)C(C)CCCCNC(=O)OC(C)(C)C. The van der Waals surface area contributed by atoms with Gasteiger partial charge in [-0.25, -0.2) is 4.79 Å². The highest BCUT2D eigenvalue weighted by molar-refractivity contribution is 5.72. The number of carbonyl (C=O) groups is 2. The maximum Gasteiger partial charge on any atom is 0.407 e.